The van der Waals surface area contributed by atoms with Gasteiger partial charge in [0, 0.05) is 30.5 Å². The van der Waals surface area contributed by atoms with Crippen molar-refractivity contribution in [1.82, 2.24) is 15.2 Å². The van der Waals surface area contributed by atoms with Crippen LogP contribution in [0.4, 0.5) is 0 Å². The SMILES string of the molecule is CC(C)NCc1cccn1CC(=O)NC(C)C(C)C. The fourth-order valence-corrected chi connectivity index (χ4v) is 1.69. The number of aromatic nitrogens is 1. The predicted octanol–water partition coefficient (Wildman–Crippen LogP) is 2.15. The summed E-state index contributed by atoms with van der Waals surface area (Å²) in [7, 11) is 0. The molecule has 1 aromatic heterocycles. The Kier molecular flexibility index (Phi) is 6.09. The van der Waals surface area contributed by atoms with Crippen molar-refractivity contribution in [1.29, 1.82) is 0 Å². The van der Waals surface area contributed by atoms with Crippen LogP contribution in [0.15, 0.2) is 18.3 Å². The minimum absolute atomic E-state index is 0.0724. The van der Waals surface area contributed by atoms with Crippen LogP contribution in [0.3, 0.4) is 0 Å². The minimum atomic E-state index is 0.0724. The highest BCUT2D eigenvalue weighted by molar-refractivity contribution is 5.76. The molecule has 1 rings (SSSR count). The second-order valence-corrected chi connectivity index (χ2v) is 5.76. The Morgan fingerprint density at radius 2 is 1.95 bits per heavy atom. The number of carbonyl (C=O) groups is 1. The standard InChI is InChI=1S/C15H27N3O/c1-11(2)13(5)17-15(19)10-18-8-6-7-14(18)9-16-12(3)4/h6-8,11-13,16H,9-10H2,1-5H3,(H,17,19). The molecule has 0 saturated heterocycles. The summed E-state index contributed by atoms with van der Waals surface area (Å²) >= 11 is 0. The lowest BCUT2D eigenvalue weighted by atomic mass is 10.1. The average Bonchev–Trinajstić information content (AvgIpc) is 2.73. The van der Waals surface area contributed by atoms with Gasteiger partial charge in [0.2, 0.25) is 5.91 Å². The molecule has 1 aromatic rings. The van der Waals surface area contributed by atoms with Gasteiger partial charge in [-0.25, -0.2) is 0 Å². The zero-order chi connectivity index (χ0) is 14.4. The first-order valence-corrected chi connectivity index (χ1v) is 7.07. The first kappa shape index (κ1) is 15.8. The van der Waals surface area contributed by atoms with E-state index >= 15 is 0 Å². The number of rotatable bonds is 7. The molecular formula is C15H27N3O. The molecule has 0 aliphatic carbocycles. The summed E-state index contributed by atoms with van der Waals surface area (Å²) in [4.78, 5) is 12.0. The number of hydrogen-bond donors (Lipinski definition) is 2. The van der Waals surface area contributed by atoms with Gasteiger partial charge in [-0.1, -0.05) is 27.7 Å². The minimum Gasteiger partial charge on any atom is -0.352 e. The first-order chi connectivity index (χ1) is 8.90. The molecule has 0 aliphatic heterocycles. The van der Waals surface area contributed by atoms with Gasteiger partial charge in [-0.2, -0.15) is 0 Å². The highest BCUT2D eigenvalue weighted by Crippen LogP contribution is 2.04. The topological polar surface area (TPSA) is 46.1 Å². The third kappa shape index (κ3) is 5.47. The van der Waals surface area contributed by atoms with Crippen LogP contribution in [-0.4, -0.2) is 22.6 Å². The quantitative estimate of drug-likeness (QED) is 0.793. The predicted molar refractivity (Wildman–Crippen MR) is 78.9 cm³/mol. The smallest absolute Gasteiger partial charge is 0.240 e. The fourth-order valence-electron chi connectivity index (χ4n) is 1.69. The van der Waals surface area contributed by atoms with Gasteiger partial charge in [-0.3, -0.25) is 4.79 Å². The van der Waals surface area contributed by atoms with Crippen LogP contribution in [0.2, 0.25) is 0 Å². The number of hydrogen-bond acceptors (Lipinski definition) is 2. The molecule has 0 spiro atoms. The van der Waals surface area contributed by atoms with Crippen LogP contribution in [0, 0.1) is 5.92 Å². The van der Waals surface area contributed by atoms with Crippen molar-refractivity contribution < 1.29 is 4.79 Å². The Balaban J connectivity index is 2.52. The maximum atomic E-state index is 12.0. The second-order valence-electron chi connectivity index (χ2n) is 5.76. The number of amides is 1. The molecule has 0 aromatic carbocycles. The lowest BCUT2D eigenvalue weighted by Crippen LogP contribution is -2.38. The normalized spacial score (nSPS) is 13.0. The Morgan fingerprint density at radius 1 is 1.26 bits per heavy atom. The molecule has 1 unspecified atom stereocenters. The summed E-state index contributed by atoms with van der Waals surface area (Å²) in [5.74, 6) is 0.527. The summed E-state index contributed by atoms with van der Waals surface area (Å²) in [5.41, 5.74) is 1.14. The molecule has 4 heteroatoms. The zero-order valence-electron chi connectivity index (χ0n) is 12.7. The molecule has 0 fully saturated rings. The molecule has 2 N–H and O–H groups in total. The summed E-state index contributed by atoms with van der Waals surface area (Å²) in [5, 5.41) is 6.40. The first-order valence-electron chi connectivity index (χ1n) is 7.07. The Morgan fingerprint density at radius 3 is 2.53 bits per heavy atom. The van der Waals surface area contributed by atoms with Gasteiger partial charge in [0.05, 0.1) is 0 Å². The zero-order valence-corrected chi connectivity index (χ0v) is 12.7. The molecule has 108 valence electrons. The maximum Gasteiger partial charge on any atom is 0.240 e. The van der Waals surface area contributed by atoms with E-state index in [1.165, 1.54) is 0 Å². The Hall–Kier alpha value is -1.29. The van der Waals surface area contributed by atoms with Crippen molar-refractivity contribution >= 4 is 5.91 Å². The van der Waals surface area contributed by atoms with Crippen LogP contribution in [-0.2, 0) is 17.9 Å². The van der Waals surface area contributed by atoms with Crippen molar-refractivity contribution in [2.75, 3.05) is 0 Å². The van der Waals surface area contributed by atoms with Gasteiger partial charge in [0.25, 0.3) is 0 Å². The Bertz CT molecular complexity index is 396. The third-order valence-corrected chi connectivity index (χ3v) is 3.32. The monoisotopic (exact) mass is 265 g/mol. The summed E-state index contributed by atoms with van der Waals surface area (Å²) < 4.78 is 2.00. The van der Waals surface area contributed by atoms with Crippen molar-refractivity contribution in [3.63, 3.8) is 0 Å². The third-order valence-electron chi connectivity index (χ3n) is 3.32. The number of nitrogens with one attached hydrogen (secondary N) is 2. The van der Waals surface area contributed by atoms with Gasteiger partial charge >= 0.3 is 0 Å². The van der Waals surface area contributed by atoms with Gasteiger partial charge in [-0.05, 0) is 25.0 Å². The largest absolute Gasteiger partial charge is 0.352 e. The van der Waals surface area contributed by atoms with Crippen LogP contribution < -0.4 is 10.6 Å². The summed E-state index contributed by atoms with van der Waals surface area (Å²) in [6.07, 6.45) is 1.96. The molecule has 1 amide bonds. The molecule has 0 saturated carbocycles. The summed E-state index contributed by atoms with van der Waals surface area (Å²) in [6.45, 7) is 11.7. The second kappa shape index (κ2) is 7.34. The van der Waals surface area contributed by atoms with Crippen molar-refractivity contribution in [3.05, 3.63) is 24.0 Å². The van der Waals surface area contributed by atoms with E-state index < -0.39 is 0 Å². The highest BCUT2D eigenvalue weighted by Gasteiger charge is 2.12. The van der Waals surface area contributed by atoms with Crippen LogP contribution in [0.25, 0.3) is 0 Å². The lowest BCUT2D eigenvalue weighted by Gasteiger charge is -2.18. The molecule has 0 aliphatic rings. The lowest BCUT2D eigenvalue weighted by molar-refractivity contribution is -0.122. The maximum absolute atomic E-state index is 12.0. The van der Waals surface area contributed by atoms with E-state index in [1.807, 2.05) is 23.8 Å². The van der Waals surface area contributed by atoms with Gasteiger partial charge < -0.3 is 15.2 Å². The highest BCUT2D eigenvalue weighted by atomic mass is 16.2. The molecule has 19 heavy (non-hydrogen) atoms. The van der Waals surface area contributed by atoms with E-state index in [9.17, 15) is 4.79 Å². The van der Waals surface area contributed by atoms with E-state index in [0.717, 1.165) is 12.2 Å². The van der Waals surface area contributed by atoms with Crippen molar-refractivity contribution in [2.24, 2.45) is 5.92 Å². The van der Waals surface area contributed by atoms with E-state index in [4.69, 9.17) is 0 Å². The molecule has 0 radical (unpaired) electrons. The van der Waals surface area contributed by atoms with Gasteiger partial charge in [0.1, 0.15) is 6.54 Å². The fraction of sp³-hybridized carbons (Fsp3) is 0.667. The molecule has 1 atom stereocenters. The van der Waals surface area contributed by atoms with E-state index in [2.05, 4.69) is 44.4 Å². The van der Waals surface area contributed by atoms with Gasteiger partial charge in [0.15, 0.2) is 0 Å². The summed E-state index contributed by atoms with van der Waals surface area (Å²) in [6, 6.07) is 4.68. The van der Waals surface area contributed by atoms with E-state index in [-0.39, 0.29) is 11.9 Å². The molecular weight excluding hydrogens is 238 g/mol. The average molecular weight is 265 g/mol. The van der Waals surface area contributed by atoms with Crippen LogP contribution in [0.5, 0.6) is 0 Å². The van der Waals surface area contributed by atoms with Crippen molar-refractivity contribution in [2.45, 2.75) is 59.8 Å². The molecule has 1 heterocycles. The molecule has 4 nitrogen and oxygen atoms in total. The van der Waals surface area contributed by atoms with E-state index in [1.54, 1.807) is 0 Å². The van der Waals surface area contributed by atoms with Crippen LogP contribution >= 0.6 is 0 Å². The van der Waals surface area contributed by atoms with E-state index in [0.29, 0.717) is 18.5 Å². The van der Waals surface area contributed by atoms with Crippen molar-refractivity contribution in [3.8, 4) is 0 Å². The van der Waals surface area contributed by atoms with Crippen LogP contribution in [0.1, 0.15) is 40.3 Å². The van der Waals surface area contributed by atoms with Gasteiger partial charge in [-0.15, -0.1) is 0 Å². The Labute approximate surface area is 116 Å². The number of nitrogens with zero attached hydrogens (tertiary/aromatic N) is 1. The molecule has 0 bridgehead atoms. The number of carbonyl (C=O) groups excluding carboxylic acids is 1.